The van der Waals surface area contributed by atoms with Gasteiger partial charge in [-0.25, -0.2) is 9.48 Å². The normalized spacial score (nSPS) is 22.6. The fourth-order valence-electron chi connectivity index (χ4n) is 4.51. The van der Waals surface area contributed by atoms with Crippen molar-refractivity contribution in [1.82, 2.24) is 9.78 Å². The van der Waals surface area contributed by atoms with Crippen LogP contribution in [0.25, 0.3) is 5.69 Å². The van der Waals surface area contributed by atoms with Crippen molar-refractivity contribution >= 4 is 17.7 Å². The second kappa shape index (κ2) is 9.00. The lowest BCUT2D eigenvalue weighted by atomic mass is 9.82. The first kappa shape index (κ1) is 20.6. The smallest absolute Gasteiger partial charge is 0.341 e. The number of carbonyl (C=O) groups excluding carboxylic acids is 1. The van der Waals surface area contributed by atoms with Crippen LogP contribution in [0.5, 0.6) is 0 Å². The first-order valence-corrected chi connectivity index (χ1v) is 10.8. The van der Waals surface area contributed by atoms with Gasteiger partial charge in [0.25, 0.3) is 0 Å². The van der Waals surface area contributed by atoms with Crippen molar-refractivity contribution < 1.29 is 19.4 Å². The molecule has 1 aromatic carbocycles. The number of benzene rings is 1. The van der Waals surface area contributed by atoms with Gasteiger partial charge in [-0.3, -0.25) is 9.69 Å². The molecule has 2 aliphatic rings. The summed E-state index contributed by atoms with van der Waals surface area (Å²) in [6.07, 6.45) is 6.64. The summed E-state index contributed by atoms with van der Waals surface area (Å²) in [6, 6.07) is 9.29. The minimum Gasteiger partial charge on any atom is -0.477 e. The molecule has 0 unspecified atom stereocenters. The highest BCUT2D eigenvalue weighted by molar-refractivity contribution is 6.02. The third-order valence-electron chi connectivity index (χ3n) is 6.33. The summed E-state index contributed by atoms with van der Waals surface area (Å²) >= 11 is 0. The number of hydrogen-bond acceptors (Lipinski definition) is 4. The number of ether oxygens (including phenoxy) is 1. The standard InChI is InChI=1S/C23H29N3O4/c1-16-7-9-17(10-8-16)22(27)26(19-11-13-30-14-12-19)21-20(23(28)29)15-25(24-21)18-5-3-2-4-6-18/h2-6,15-17,19H,7-14H2,1H3,(H,28,29). The van der Waals surface area contributed by atoms with Crippen LogP contribution < -0.4 is 4.90 Å². The zero-order valence-electron chi connectivity index (χ0n) is 17.4. The molecular weight excluding hydrogens is 382 g/mol. The summed E-state index contributed by atoms with van der Waals surface area (Å²) < 4.78 is 7.05. The molecule has 1 aliphatic carbocycles. The Morgan fingerprint density at radius 1 is 1.07 bits per heavy atom. The van der Waals surface area contributed by atoms with Crippen molar-refractivity contribution in [3.05, 3.63) is 42.1 Å². The van der Waals surface area contributed by atoms with Gasteiger partial charge >= 0.3 is 5.97 Å². The average Bonchev–Trinajstić information content (AvgIpc) is 3.21. The second-order valence-electron chi connectivity index (χ2n) is 8.46. The van der Waals surface area contributed by atoms with Crippen molar-refractivity contribution in [2.24, 2.45) is 11.8 Å². The molecule has 7 heteroatoms. The Bertz CT molecular complexity index is 881. The van der Waals surface area contributed by atoms with E-state index in [1.54, 1.807) is 9.58 Å². The molecule has 30 heavy (non-hydrogen) atoms. The van der Waals surface area contributed by atoms with Gasteiger partial charge < -0.3 is 9.84 Å². The first-order valence-electron chi connectivity index (χ1n) is 10.8. The number of aromatic carboxylic acids is 1. The van der Waals surface area contributed by atoms with Crippen LogP contribution in [-0.4, -0.2) is 46.0 Å². The minimum atomic E-state index is -1.07. The number of carboxylic acids is 1. The summed E-state index contributed by atoms with van der Waals surface area (Å²) in [5.41, 5.74) is 0.819. The zero-order chi connectivity index (χ0) is 21.1. The van der Waals surface area contributed by atoms with Gasteiger partial charge in [0.1, 0.15) is 5.56 Å². The first-order chi connectivity index (χ1) is 14.5. The van der Waals surface area contributed by atoms with Crippen molar-refractivity contribution in [3.8, 4) is 5.69 Å². The van der Waals surface area contributed by atoms with E-state index in [1.165, 1.54) is 6.20 Å². The Morgan fingerprint density at radius 2 is 1.73 bits per heavy atom. The van der Waals surface area contributed by atoms with Gasteiger partial charge in [0, 0.05) is 31.4 Å². The fourth-order valence-corrected chi connectivity index (χ4v) is 4.51. The molecule has 1 aliphatic heterocycles. The van der Waals surface area contributed by atoms with Crippen LogP contribution >= 0.6 is 0 Å². The number of amides is 1. The molecule has 2 fully saturated rings. The van der Waals surface area contributed by atoms with Crippen molar-refractivity contribution in [3.63, 3.8) is 0 Å². The average molecular weight is 412 g/mol. The maximum Gasteiger partial charge on any atom is 0.341 e. The molecule has 1 saturated carbocycles. The zero-order valence-corrected chi connectivity index (χ0v) is 17.4. The molecule has 2 heterocycles. The number of carbonyl (C=O) groups is 2. The topological polar surface area (TPSA) is 84.7 Å². The number of para-hydroxylation sites is 1. The molecule has 0 bridgehead atoms. The number of rotatable bonds is 5. The molecule has 2 aromatic rings. The number of carboxylic acid groups (broad SMARTS) is 1. The van der Waals surface area contributed by atoms with Crippen molar-refractivity contribution in [1.29, 1.82) is 0 Å². The SMILES string of the molecule is CC1CCC(C(=O)N(c2nn(-c3ccccc3)cc2C(=O)O)C2CCOCC2)CC1. The van der Waals surface area contributed by atoms with Crippen LogP contribution in [0.2, 0.25) is 0 Å². The second-order valence-corrected chi connectivity index (χ2v) is 8.46. The van der Waals surface area contributed by atoms with Gasteiger partial charge in [-0.05, 0) is 56.6 Å². The Labute approximate surface area is 176 Å². The summed E-state index contributed by atoms with van der Waals surface area (Å²) in [7, 11) is 0. The van der Waals surface area contributed by atoms with Gasteiger partial charge in [-0.1, -0.05) is 25.1 Å². The van der Waals surface area contributed by atoms with Gasteiger partial charge in [0.2, 0.25) is 5.91 Å². The summed E-state index contributed by atoms with van der Waals surface area (Å²) in [6.45, 7) is 3.36. The molecule has 1 aromatic heterocycles. The largest absolute Gasteiger partial charge is 0.477 e. The third kappa shape index (κ3) is 4.26. The molecule has 1 N–H and O–H groups in total. The Kier molecular flexibility index (Phi) is 6.18. The predicted molar refractivity (Wildman–Crippen MR) is 113 cm³/mol. The van der Waals surface area contributed by atoms with E-state index >= 15 is 0 Å². The van der Waals surface area contributed by atoms with Crippen molar-refractivity contribution in [2.45, 2.75) is 51.5 Å². The van der Waals surface area contributed by atoms with Crippen LogP contribution in [0.4, 0.5) is 5.82 Å². The van der Waals surface area contributed by atoms with Gasteiger partial charge in [-0.2, -0.15) is 0 Å². The molecule has 7 nitrogen and oxygen atoms in total. The molecule has 0 atom stereocenters. The van der Waals surface area contributed by atoms with Gasteiger partial charge in [-0.15, -0.1) is 5.10 Å². The van der Waals surface area contributed by atoms with E-state index in [9.17, 15) is 14.7 Å². The predicted octanol–water partition coefficient (Wildman–Crippen LogP) is 3.91. The summed E-state index contributed by atoms with van der Waals surface area (Å²) in [4.78, 5) is 27.4. The third-order valence-corrected chi connectivity index (χ3v) is 6.33. The summed E-state index contributed by atoms with van der Waals surface area (Å²) in [5.74, 6) is -0.254. The molecular formula is C23H29N3O4. The van der Waals surface area contributed by atoms with Gasteiger partial charge in [0.05, 0.1) is 5.69 Å². The highest BCUT2D eigenvalue weighted by Crippen LogP contribution is 2.34. The maximum absolute atomic E-state index is 13.7. The number of aromatic nitrogens is 2. The lowest BCUT2D eigenvalue weighted by Crippen LogP contribution is -2.47. The highest BCUT2D eigenvalue weighted by Gasteiger charge is 2.37. The lowest BCUT2D eigenvalue weighted by molar-refractivity contribution is -0.124. The lowest BCUT2D eigenvalue weighted by Gasteiger charge is -2.37. The quantitative estimate of drug-likeness (QED) is 0.806. The molecule has 1 amide bonds. The van der Waals surface area contributed by atoms with E-state index in [0.29, 0.717) is 32.0 Å². The number of anilines is 1. The Balaban J connectivity index is 1.73. The highest BCUT2D eigenvalue weighted by atomic mass is 16.5. The van der Waals surface area contributed by atoms with Gasteiger partial charge in [0.15, 0.2) is 5.82 Å². The van der Waals surface area contributed by atoms with E-state index in [0.717, 1.165) is 31.4 Å². The number of nitrogens with zero attached hydrogens (tertiary/aromatic N) is 3. The van der Waals surface area contributed by atoms with E-state index in [4.69, 9.17) is 4.74 Å². The van der Waals surface area contributed by atoms with Crippen LogP contribution in [0.3, 0.4) is 0 Å². The molecule has 0 radical (unpaired) electrons. The van der Waals surface area contributed by atoms with Crippen LogP contribution in [-0.2, 0) is 9.53 Å². The molecule has 1 saturated heterocycles. The minimum absolute atomic E-state index is 0.00890. The number of hydrogen-bond donors (Lipinski definition) is 1. The summed E-state index contributed by atoms with van der Waals surface area (Å²) in [5, 5.41) is 14.5. The monoisotopic (exact) mass is 411 g/mol. The van der Waals surface area contributed by atoms with E-state index in [2.05, 4.69) is 12.0 Å². The van der Waals surface area contributed by atoms with Crippen LogP contribution in [0.15, 0.2) is 36.5 Å². The van der Waals surface area contributed by atoms with E-state index in [1.807, 2.05) is 30.3 Å². The molecule has 160 valence electrons. The molecule has 4 rings (SSSR count). The Morgan fingerprint density at radius 3 is 2.37 bits per heavy atom. The molecule has 0 spiro atoms. The Hall–Kier alpha value is -2.67. The van der Waals surface area contributed by atoms with E-state index < -0.39 is 5.97 Å². The maximum atomic E-state index is 13.7. The fraction of sp³-hybridized carbons (Fsp3) is 0.522. The van der Waals surface area contributed by atoms with Crippen molar-refractivity contribution in [2.75, 3.05) is 18.1 Å². The van der Waals surface area contributed by atoms with E-state index in [-0.39, 0.29) is 29.2 Å². The van der Waals surface area contributed by atoms with Crippen LogP contribution in [0, 0.1) is 11.8 Å². The van der Waals surface area contributed by atoms with Crippen LogP contribution in [0.1, 0.15) is 55.8 Å².